The molecule has 1 unspecified atom stereocenters. The number of nitrogens with zero attached hydrogens (tertiary/aromatic N) is 2. The van der Waals surface area contributed by atoms with Crippen LogP contribution < -0.4 is 11.5 Å². The van der Waals surface area contributed by atoms with E-state index in [4.69, 9.17) is 31.9 Å². The minimum absolute atomic E-state index is 0.0231. The highest BCUT2D eigenvalue weighted by molar-refractivity contribution is 5.75. The van der Waals surface area contributed by atoms with Gasteiger partial charge in [-0.2, -0.15) is 0 Å². The smallest absolute Gasteiger partial charge is 0.320 e. The number of nitrogens with two attached hydrogens (primary N) is 2. The SMILES string of the molecule is CN1CCCC1c1cccnc1.N[C@@H](CCC(=O)O)C(=O)O.N[C@@H](CCC(=O)O)C(=O)O. The Labute approximate surface area is 185 Å². The predicted molar refractivity (Wildman–Crippen MR) is 114 cm³/mol. The van der Waals surface area contributed by atoms with Crippen LogP contribution in [0.3, 0.4) is 0 Å². The molecule has 2 rings (SSSR count). The fraction of sp³-hybridized carbons (Fsp3) is 0.550. The molecule has 3 atom stereocenters. The first-order chi connectivity index (χ1) is 15.0. The third-order valence-electron chi connectivity index (χ3n) is 4.56. The summed E-state index contributed by atoms with van der Waals surface area (Å²) in [4.78, 5) is 46.3. The molecule has 180 valence electrons. The van der Waals surface area contributed by atoms with Gasteiger partial charge in [0.05, 0.1) is 0 Å². The summed E-state index contributed by atoms with van der Waals surface area (Å²) in [5.74, 6) is -4.39. The Morgan fingerprint density at radius 2 is 1.53 bits per heavy atom. The van der Waals surface area contributed by atoms with Crippen LogP contribution in [0.5, 0.6) is 0 Å². The third-order valence-corrected chi connectivity index (χ3v) is 4.56. The van der Waals surface area contributed by atoms with Crippen molar-refractivity contribution in [1.29, 1.82) is 0 Å². The molecule has 0 saturated carbocycles. The summed E-state index contributed by atoms with van der Waals surface area (Å²) < 4.78 is 0. The van der Waals surface area contributed by atoms with Crippen LogP contribution in [0.4, 0.5) is 0 Å². The van der Waals surface area contributed by atoms with Crippen molar-refractivity contribution < 1.29 is 39.6 Å². The Hall–Kier alpha value is -3.09. The van der Waals surface area contributed by atoms with Crippen molar-refractivity contribution >= 4 is 23.9 Å². The molecule has 8 N–H and O–H groups in total. The average Bonchev–Trinajstić information content (AvgIpc) is 3.17. The van der Waals surface area contributed by atoms with E-state index in [2.05, 4.69) is 23.0 Å². The zero-order valence-corrected chi connectivity index (χ0v) is 18.0. The maximum absolute atomic E-state index is 9.99. The highest BCUT2D eigenvalue weighted by Crippen LogP contribution is 2.29. The van der Waals surface area contributed by atoms with Gasteiger partial charge in [0, 0.05) is 31.3 Å². The number of hydrogen-bond donors (Lipinski definition) is 6. The molecule has 0 aliphatic carbocycles. The van der Waals surface area contributed by atoms with Gasteiger partial charge in [-0.15, -0.1) is 0 Å². The number of rotatable bonds is 9. The largest absolute Gasteiger partial charge is 0.481 e. The first-order valence-electron chi connectivity index (χ1n) is 9.96. The van der Waals surface area contributed by atoms with Crippen molar-refractivity contribution in [3.8, 4) is 0 Å². The summed E-state index contributed by atoms with van der Waals surface area (Å²) in [5, 5.41) is 32.5. The Kier molecular flexibility index (Phi) is 14.2. The van der Waals surface area contributed by atoms with Gasteiger partial charge in [-0.3, -0.25) is 29.1 Å². The topological polar surface area (TPSA) is 217 Å². The maximum Gasteiger partial charge on any atom is 0.320 e. The average molecular weight is 456 g/mol. The molecule has 1 aromatic heterocycles. The van der Waals surface area contributed by atoms with Gasteiger partial charge in [0.15, 0.2) is 0 Å². The lowest BCUT2D eigenvalue weighted by Gasteiger charge is -2.18. The number of carbonyl (C=O) groups is 4. The number of carboxylic acid groups (broad SMARTS) is 4. The normalized spacial score (nSPS) is 17.0. The summed E-state index contributed by atoms with van der Waals surface area (Å²) in [6.07, 6.45) is 5.96. The van der Waals surface area contributed by atoms with E-state index in [0.29, 0.717) is 6.04 Å². The first kappa shape index (κ1) is 28.9. The van der Waals surface area contributed by atoms with E-state index >= 15 is 0 Å². The molecule has 0 radical (unpaired) electrons. The molecular weight excluding hydrogens is 424 g/mol. The van der Waals surface area contributed by atoms with Crippen LogP contribution in [0.15, 0.2) is 24.5 Å². The standard InChI is InChI=1S/C10H14N2.2C5H9NO4/c1-12-7-3-5-10(12)9-4-2-6-11-8-9;2*6-3(5(9)10)1-2-4(7)8/h2,4,6,8,10H,3,5,7H2,1H3;2*3H,1-2,6H2,(H,7,8)(H,9,10)/t;2*3-/m.00/s1. The van der Waals surface area contributed by atoms with E-state index in [-0.39, 0.29) is 25.7 Å². The Balaban J connectivity index is 0.000000455. The van der Waals surface area contributed by atoms with Gasteiger partial charge in [0.25, 0.3) is 0 Å². The molecule has 0 aromatic carbocycles. The van der Waals surface area contributed by atoms with E-state index in [9.17, 15) is 19.2 Å². The van der Waals surface area contributed by atoms with Gasteiger partial charge >= 0.3 is 23.9 Å². The van der Waals surface area contributed by atoms with Crippen LogP contribution in [-0.2, 0) is 19.2 Å². The molecule has 1 fully saturated rings. The minimum Gasteiger partial charge on any atom is -0.481 e. The van der Waals surface area contributed by atoms with Gasteiger partial charge in [-0.1, -0.05) is 6.07 Å². The summed E-state index contributed by atoms with van der Waals surface area (Å²) >= 11 is 0. The summed E-state index contributed by atoms with van der Waals surface area (Å²) in [6, 6.07) is 2.67. The van der Waals surface area contributed by atoms with Crippen LogP contribution in [0.2, 0.25) is 0 Å². The molecule has 1 aromatic rings. The van der Waals surface area contributed by atoms with Gasteiger partial charge in [0.2, 0.25) is 0 Å². The van der Waals surface area contributed by atoms with Crippen LogP contribution in [0.1, 0.15) is 50.1 Å². The second-order valence-corrected chi connectivity index (χ2v) is 7.18. The number of carboxylic acids is 4. The van der Waals surface area contributed by atoms with Crippen LogP contribution in [-0.4, -0.2) is 79.9 Å². The quantitative estimate of drug-likeness (QED) is 0.297. The summed E-state index contributed by atoms with van der Waals surface area (Å²) in [7, 11) is 2.19. The third kappa shape index (κ3) is 13.3. The highest BCUT2D eigenvalue weighted by atomic mass is 16.4. The number of aliphatic carboxylic acids is 4. The lowest BCUT2D eigenvalue weighted by Crippen LogP contribution is -2.30. The molecule has 0 bridgehead atoms. The molecule has 12 nitrogen and oxygen atoms in total. The number of likely N-dealkylation sites (tertiary alicyclic amines) is 1. The van der Waals surface area contributed by atoms with Crippen molar-refractivity contribution in [2.24, 2.45) is 11.5 Å². The second kappa shape index (κ2) is 15.7. The fourth-order valence-corrected chi connectivity index (χ4v) is 2.71. The van der Waals surface area contributed by atoms with Gasteiger partial charge in [-0.25, -0.2) is 0 Å². The molecule has 0 spiro atoms. The number of aromatic nitrogens is 1. The Morgan fingerprint density at radius 1 is 1.03 bits per heavy atom. The van der Waals surface area contributed by atoms with Crippen LogP contribution in [0.25, 0.3) is 0 Å². The molecule has 32 heavy (non-hydrogen) atoms. The van der Waals surface area contributed by atoms with E-state index in [1.165, 1.54) is 24.9 Å². The molecular formula is C20H32N4O8. The van der Waals surface area contributed by atoms with Crippen molar-refractivity contribution in [2.75, 3.05) is 13.6 Å². The molecule has 1 aliphatic rings. The molecule has 2 heterocycles. The number of hydrogen-bond acceptors (Lipinski definition) is 8. The zero-order valence-electron chi connectivity index (χ0n) is 18.0. The first-order valence-corrected chi connectivity index (χ1v) is 9.96. The maximum atomic E-state index is 9.99. The van der Waals surface area contributed by atoms with Crippen LogP contribution in [0, 0.1) is 0 Å². The van der Waals surface area contributed by atoms with E-state index in [1.54, 1.807) is 0 Å². The van der Waals surface area contributed by atoms with Crippen molar-refractivity contribution in [2.45, 2.75) is 56.7 Å². The van der Waals surface area contributed by atoms with Crippen molar-refractivity contribution in [3.63, 3.8) is 0 Å². The Bertz CT molecular complexity index is 698. The van der Waals surface area contributed by atoms with Crippen molar-refractivity contribution in [3.05, 3.63) is 30.1 Å². The predicted octanol–water partition coefficient (Wildman–Crippen LogP) is 0.375. The Morgan fingerprint density at radius 3 is 1.84 bits per heavy atom. The van der Waals surface area contributed by atoms with E-state index in [0.717, 1.165) is 0 Å². The highest BCUT2D eigenvalue weighted by Gasteiger charge is 2.22. The van der Waals surface area contributed by atoms with Crippen molar-refractivity contribution in [1.82, 2.24) is 9.88 Å². The molecule has 12 heteroatoms. The summed E-state index contributed by atoms with van der Waals surface area (Å²) in [6.45, 7) is 1.22. The van der Waals surface area contributed by atoms with Gasteiger partial charge in [-0.05, 0) is 50.9 Å². The van der Waals surface area contributed by atoms with E-state index < -0.39 is 36.0 Å². The molecule has 1 aliphatic heterocycles. The lowest BCUT2D eigenvalue weighted by atomic mass is 10.1. The monoisotopic (exact) mass is 456 g/mol. The summed E-state index contributed by atoms with van der Waals surface area (Å²) in [5.41, 5.74) is 11.4. The van der Waals surface area contributed by atoms with Gasteiger partial charge < -0.3 is 31.9 Å². The fourth-order valence-electron chi connectivity index (χ4n) is 2.71. The van der Waals surface area contributed by atoms with Gasteiger partial charge in [0.1, 0.15) is 12.1 Å². The zero-order chi connectivity index (χ0) is 24.7. The second-order valence-electron chi connectivity index (χ2n) is 7.18. The molecule has 0 amide bonds. The molecule has 1 saturated heterocycles. The minimum atomic E-state index is -1.17. The lowest BCUT2D eigenvalue weighted by molar-refractivity contribution is -0.141. The van der Waals surface area contributed by atoms with Crippen LogP contribution >= 0.6 is 0 Å². The number of pyridine rings is 1. The van der Waals surface area contributed by atoms with E-state index in [1.807, 2.05) is 18.5 Å².